The van der Waals surface area contributed by atoms with Crippen molar-refractivity contribution in [2.24, 2.45) is 5.73 Å². The second kappa shape index (κ2) is 3.81. The summed E-state index contributed by atoms with van der Waals surface area (Å²) in [5, 5.41) is 0. The van der Waals surface area contributed by atoms with Gasteiger partial charge in [0.1, 0.15) is 0 Å². The molecule has 0 saturated carbocycles. The molecule has 0 amide bonds. The van der Waals surface area contributed by atoms with E-state index in [1.807, 2.05) is 0 Å². The number of alkyl halides is 3. The monoisotopic (exact) mass is 155 g/mol. The smallest absolute Gasteiger partial charge is 0.255 e. The third kappa shape index (κ3) is 3.06. The average molecular weight is 155 g/mol. The van der Waals surface area contributed by atoms with Crippen LogP contribution in [0, 0.1) is 0 Å². The molecule has 2 N–H and O–H groups in total. The van der Waals surface area contributed by atoms with Crippen LogP contribution in [0.2, 0.25) is 0 Å². The van der Waals surface area contributed by atoms with Crippen molar-refractivity contribution < 1.29 is 13.2 Å². The lowest BCUT2D eigenvalue weighted by Crippen LogP contribution is -2.43. The van der Waals surface area contributed by atoms with Gasteiger partial charge in [0.15, 0.2) is 0 Å². The van der Waals surface area contributed by atoms with Gasteiger partial charge in [-0.15, -0.1) is 0 Å². The maximum Gasteiger partial charge on any atom is 0.255 e. The third-order valence-electron chi connectivity index (χ3n) is 1.35. The molecule has 0 spiro atoms. The topological polar surface area (TPSA) is 26.0 Å². The molecular weight excluding hydrogens is 143 g/mol. The van der Waals surface area contributed by atoms with Crippen LogP contribution in [0.25, 0.3) is 0 Å². The molecule has 0 aromatic rings. The van der Waals surface area contributed by atoms with Crippen LogP contribution in [0.3, 0.4) is 0 Å². The zero-order chi connectivity index (χ0) is 8.20. The minimum absolute atomic E-state index is 0.0289. The van der Waals surface area contributed by atoms with Crippen LogP contribution in [0.5, 0.6) is 0 Å². The molecule has 0 saturated heterocycles. The van der Waals surface area contributed by atoms with E-state index in [0.717, 1.165) is 0 Å². The Hall–Kier alpha value is -0.250. The predicted molar refractivity (Wildman–Crippen MR) is 33.8 cm³/mol. The van der Waals surface area contributed by atoms with E-state index in [2.05, 4.69) is 0 Å². The van der Waals surface area contributed by atoms with Crippen LogP contribution in [0.1, 0.15) is 19.8 Å². The van der Waals surface area contributed by atoms with Gasteiger partial charge in [-0.1, -0.05) is 0 Å². The number of hydrogen-bond donors (Lipinski definition) is 1. The van der Waals surface area contributed by atoms with E-state index in [4.69, 9.17) is 5.73 Å². The normalized spacial score (nSPS) is 17.4. The molecule has 1 unspecified atom stereocenters. The highest BCUT2D eigenvalue weighted by atomic mass is 19.3. The number of hydrogen-bond acceptors (Lipinski definition) is 1. The molecular formula is C6H12F3N. The van der Waals surface area contributed by atoms with E-state index >= 15 is 0 Å². The van der Waals surface area contributed by atoms with Gasteiger partial charge in [0.2, 0.25) is 0 Å². The number of halogens is 3. The van der Waals surface area contributed by atoms with Crippen LogP contribution >= 0.6 is 0 Å². The molecule has 0 aliphatic rings. The van der Waals surface area contributed by atoms with Crippen LogP contribution in [-0.2, 0) is 0 Å². The lowest BCUT2D eigenvalue weighted by atomic mass is 9.98. The van der Waals surface area contributed by atoms with Gasteiger partial charge in [-0.3, -0.25) is 4.39 Å². The predicted octanol–water partition coefficient (Wildman–Crippen LogP) is 1.72. The summed E-state index contributed by atoms with van der Waals surface area (Å²) in [7, 11) is 0. The van der Waals surface area contributed by atoms with Gasteiger partial charge in [-0.25, -0.2) is 8.78 Å². The molecule has 0 fully saturated rings. The third-order valence-corrected chi connectivity index (χ3v) is 1.35. The zero-order valence-electron chi connectivity index (χ0n) is 5.91. The Morgan fingerprint density at radius 2 is 2.00 bits per heavy atom. The first-order chi connectivity index (χ1) is 4.50. The SMILES string of the molecule is CC(N)(CCCF)C(F)F. The lowest BCUT2D eigenvalue weighted by molar-refractivity contribution is 0.0568. The summed E-state index contributed by atoms with van der Waals surface area (Å²) in [5.41, 5.74) is 3.61. The van der Waals surface area contributed by atoms with Crippen molar-refractivity contribution in [3.05, 3.63) is 0 Å². The molecule has 0 aliphatic carbocycles. The zero-order valence-corrected chi connectivity index (χ0v) is 5.91. The van der Waals surface area contributed by atoms with Gasteiger partial charge >= 0.3 is 0 Å². The summed E-state index contributed by atoms with van der Waals surface area (Å²) in [6, 6.07) is 0. The fourth-order valence-electron chi connectivity index (χ4n) is 0.557. The maximum absolute atomic E-state index is 11.9. The number of nitrogens with two attached hydrogens (primary N) is 1. The highest BCUT2D eigenvalue weighted by Gasteiger charge is 2.29. The Morgan fingerprint density at radius 1 is 1.50 bits per heavy atom. The van der Waals surface area contributed by atoms with E-state index in [9.17, 15) is 13.2 Å². The van der Waals surface area contributed by atoms with Gasteiger partial charge in [0.25, 0.3) is 6.43 Å². The first-order valence-electron chi connectivity index (χ1n) is 3.13. The summed E-state index contributed by atoms with van der Waals surface area (Å²) in [6.45, 7) is 0.646. The van der Waals surface area contributed by atoms with Crippen molar-refractivity contribution in [1.29, 1.82) is 0 Å². The molecule has 62 valence electrons. The van der Waals surface area contributed by atoms with E-state index in [1.54, 1.807) is 0 Å². The Labute approximate surface area is 58.4 Å². The average Bonchev–Trinajstić information content (AvgIpc) is 1.84. The summed E-state index contributed by atoms with van der Waals surface area (Å²) < 4.78 is 35.3. The lowest BCUT2D eigenvalue weighted by Gasteiger charge is -2.22. The molecule has 0 heterocycles. The summed E-state index contributed by atoms with van der Waals surface area (Å²) in [6.07, 6.45) is -2.43. The van der Waals surface area contributed by atoms with E-state index < -0.39 is 18.6 Å². The largest absolute Gasteiger partial charge is 0.321 e. The fourth-order valence-corrected chi connectivity index (χ4v) is 0.557. The number of rotatable bonds is 4. The summed E-state index contributed by atoms with van der Waals surface area (Å²) in [5.74, 6) is 0. The van der Waals surface area contributed by atoms with Gasteiger partial charge in [-0.2, -0.15) is 0 Å². The summed E-state index contributed by atoms with van der Waals surface area (Å²) in [4.78, 5) is 0. The van der Waals surface area contributed by atoms with Crippen molar-refractivity contribution in [3.63, 3.8) is 0 Å². The summed E-state index contributed by atoms with van der Waals surface area (Å²) >= 11 is 0. The van der Waals surface area contributed by atoms with Crippen molar-refractivity contribution >= 4 is 0 Å². The van der Waals surface area contributed by atoms with Crippen LogP contribution in [0.15, 0.2) is 0 Å². The quantitative estimate of drug-likeness (QED) is 0.657. The highest BCUT2D eigenvalue weighted by molar-refractivity contribution is 4.80. The molecule has 0 bridgehead atoms. The molecule has 0 rings (SSSR count). The Morgan fingerprint density at radius 3 is 2.30 bits per heavy atom. The van der Waals surface area contributed by atoms with Gasteiger partial charge in [0, 0.05) is 0 Å². The van der Waals surface area contributed by atoms with Gasteiger partial charge < -0.3 is 5.73 Å². The first-order valence-corrected chi connectivity index (χ1v) is 3.13. The van der Waals surface area contributed by atoms with Crippen molar-refractivity contribution in [2.45, 2.75) is 31.7 Å². The van der Waals surface area contributed by atoms with E-state index in [0.29, 0.717) is 0 Å². The van der Waals surface area contributed by atoms with E-state index in [-0.39, 0.29) is 12.8 Å². The Kier molecular flexibility index (Phi) is 3.71. The highest BCUT2D eigenvalue weighted by Crippen LogP contribution is 2.17. The molecule has 1 nitrogen and oxygen atoms in total. The second-order valence-electron chi connectivity index (χ2n) is 2.60. The Balaban J connectivity index is 3.63. The second-order valence-corrected chi connectivity index (χ2v) is 2.60. The van der Waals surface area contributed by atoms with Gasteiger partial charge in [0.05, 0.1) is 12.2 Å². The Bertz CT molecular complexity index is 93.0. The maximum atomic E-state index is 11.9. The van der Waals surface area contributed by atoms with Crippen molar-refractivity contribution in [3.8, 4) is 0 Å². The van der Waals surface area contributed by atoms with Crippen molar-refractivity contribution in [2.75, 3.05) is 6.67 Å². The molecule has 0 aromatic heterocycles. The van der Waals surface area contributed by atoms with Crippen LogP contribution in [0.4, 0.5) is 13.2 Å². The van der Waals surface area contributed by atoms with Crippen LogP contribution in [-0.4, -0.2) is 18.6 Å². The van der Waals surface area contributed by atoms with Crippen molar-refractivity contribution in [1.82, 2.24) is 0 Å². The molecule has 0 aliphatic heterocycles. The van der Waals surface area contributed by atoms with E-state index in [1.165, 1.54) is 6.92 Å². The van der Waals surface area contributed by atoms with Gasteiger partial charge in [-0.05, 0) is 19.8 Å². The first kappa shape index (κ1) is 9.75. The fraction of sp³-hybridized carbons (Fsp3) is 1.00. The van der Waals surface area contributed by atoms with Crippen LogP contribution < -0.4 is 5.73 Å². The minimum Gasteiger partial charge on any atom is -0.321 e. The molecule has 4 heteroatoms. The minimum atomic E-state index is -2.57. The molecule has 1 atom stereocenters. The standard InChI is InChI=1S/C6H12F3N/c1-6(10,5(8)9)3-2-4-7/h5H,2-4,10H2,1H3. The molecule has 0 aromatic carbocycles. The molecule has 0 radical (unpaired) electrons. The molecule has 10 heavy (non-hydrogen) atoms.